The van der Waals surface area contributed by atoms with Crippen LogP contribution in [0.1, 0.15) is 24.9 Å². The lowest BCUT2D eigenvalue weighted by atomic mass is 9.99. The molecule has 2 N–H and O–H groups in total. The van der Waals surface area contributed by atoms with E-state index in [4.69, 9.17) is 10.5 Å². The van der Waals surface area contributed by atoms with Crippen LogP contribution in [-0.2, 0) is 0 Å². The summed E-state index contributed by atoms with van der Waals surface area (Å²) in [4.78, 5) is 4.19. The van der Waals surface area contributed by atoms with Crippen LogP contribution in [0, 0.1) is 11.6 Å². The molecular formula is C25H22F2N6O. The van der Waals surface area contributed by atoms with Gasteiger partial charge in [0.1, 0.15) is 11.6 Å². The molecule has 7 nitrogen and oxygen atoms in total. The van der Waals surface area contributed by atoms with Crippen LogP contribution in [0.15, 0.2) is 67.1 Å². The number of hydrogen-bond acceptors (Lipinski definition) is 5. The molecule has 0 fully saturated rings. The van der Waals surface area contributed by atoms with Gasteiger partial charge in [-0.1, -0.05) is 37.3 Å². The molecule has 0 radical (unpaired) electrons. The Balaban J connectivity index is 1.56. The van der Waals surface area contributed by atoms with E-state index in [1.54, 1.807) is 59.7 Å². The average molecular weight is 460 g/mol. The number of pyridine rings is 1. The highest BCUT2D eigenvalue weighted by Gasteiger charge is 2.20. The smallest absolute Gasteiger partial charge is 0.240 e. The average Bonchev–Trinajstić information content (AvgIpc) is 3.46. The highest BCUT2D eigenvalue weighted by atomic mass is 19.1. The van der Waals surface area contributed by atoms with Gasteiger partial charge in [0.25, 0.3) is 0 Å². The molecule has 3 heterocycles. The zero-order chi connectivity index (χ0) is 23.8. The molecule has 172 valence electrons. The zero-order valence-corrected chi connectivity index (χ0v) is 18.6. The number of nitrogens with two attached hydrogens (primary N) is 1. The van der Waals surface area contributed by atoms with Gasteiger partial charge >= 0.3 is 0 Å². The number of anilines is 1. The van der Waals surface area contributed by atoms with E-state index in [0.717, 1.165) is 12.0 Å². The van der Waals surface area contributed by atoms with Crippen LogP contribution >= 0.6 is 0 Å². The lowest BCUT2D eigenvalue weighted by molar-refractivity contribution is 0.418. The number of methoxy groups -OCH3 is 1. The number of halogens is 2. The van der Waals surface area contributed by atoms with Gasteiger partial charge in [-0.25, -0.2) is 13.3 Å². The third-order valence-corrected chi connectivity index (χ3v) is 5.84. The van der Waals surface area contributed by atoms with Crippen LogP contribution < -0.4 is 10.5 Å². The lowest BCUT2D eigenvalue weighted by Crippen LogP contribution is -2.10. The minimum Gasteiger partial charge on any atom is -0.492 e. The molecule has 1 atom stereocenters. The minimum absolute atomic E-state index is 0.0958. The number of hydrogen-bond donors (Lipinski definition) is 1. The summed E-state index contributed by atoms with van der Waals surface area (Å²) in [5, 5.41) is 8.56. The molecule has 34 heavy (non-hydrogen) atoms. The highest BCUT2D eigenvalue weighted by Crippen LogP contribution is 2.38. The first kappa shape index (κ1) is 21.6. The number of benzene rings is 2. The molecule has 0 spiro atoms. The second-order valence-corrected chi connectivity index (χ2v) is 7.85. The van der Waals surface area contributed by atoms with Crippen molar-refractivity contribution in [1.29, 1.82) is 0 Å². The summed E-state index contributed by atoms with van der Waals surface area (Å²) < 4.78 is 38.0. The fourth-order valence-corrected chi connectivity index (χ4v) is 4.22. The van der Waals surface area contributed by atoms with E-state index in [1.165, 1.54) is 23.8 Å². The first-order chi connectivity index (χ1) is 16.5. The molecule has 0 bridgehead atoms. The van der Waals surface area contributed by atoms with E-state index in [9.17, 15) is 4.39 Å². The normalized spacial score (nSPS) is 12.2. The van der Waals surface area contributed by atoms with Gasteiger partial charge in [-0.05, 0) is 30.2 Å². The fraction of sp³-hybridized carbons (Fsp3) is 0.160. The number of aromatic nitrogens is 5. The molecule has 2 aromatic carbocycles. The van der Waals surface area contributed by atoms with Gasteiger partial charge in [0, 0.05) is 34.6 Å². The summed E-state index contributed by atoms with van der Waals surface area (Å²) >= 11 is 0. The number of rotatable bonds is 6. The van der Waals surface area contributed by atoms with Crippen molar-refractivity contribution in [3.63, 3.8) is 0 Å². The van der Waals surface area contributed by atoms with Crippen molar-refractivity contribution >= 4 is 11.6 Å². The largest absolute Gasteiger partial charge is 0.492 e. The second kappa shape index (κ2) is 8.58. The van der Waals surface area contributed by atoms with Crippen LogP contribution in [0.3, 0.4) is 0 Å². The summed E-state index contributed by atoms with van der Waals surface area (Å²) in [6, 6.07) is 13.1. The van der Waals surface area contributed by atoms with Gasteiger partial charge < -0.3 is 10.5 Å². The van der Waals surface area contributed by atoms with Gasteiger partial charge in [-0.15, -0.1) is 5.10 Å². The Hall–Kier alpha value is -4.27. The quantitative estimate of drug-likeness (QED) is 0.380. The van der Waals surface area contributed by atoms with E-state index in [-0.39, 0.29) is 17.8 Å². The molecule has 0 saturated heterocycles. The molecule has 0 aliphatic carbocycles. The Morgan fingerprint density at radius 3 is 2.53 bits per heavy atom. The van der Waals surface area contributed by atoms with E-state index in [1.807, 2.05) is 6.92 Å². The third kappa shape index (κ3) is 3.64. The molecule has 5 aromatic rings. The van der Waals surface area contributed by atoms with E-state index < -0.39 is 5.82 Å². The Labute approximate surface area is 194 Å². The summed E-state index contributed by atoms with van der Waals surface area (Å²) in [5.74, 6) is -0.224. The van der Waals surface area contributed by atoms with Crippen LogP contribution in [-0.4, -0.2) is 31.5 Å². The molecule has 3 aromatic heterocycles. The molecule has 0 saturated carbocycles. The summed E-state index contributed by atoms with van der Waals surface area (Å²) in [6.07, 6.45) is 5.84. The third-order valence-electron chi connectivity index (χ3n) is 5.84. The maximum atomic E-state index is 15.8. The standard InChI is InChI=1S/C25H22F2N6O/c1-3-21(15-7-9-17(26)10-8-15)33-14-16(13-29-33)18-5-4-6-19(22(18)27)20-11-12-32-24(23(20)34-2)30-25(28)31-32/h4-14,21H,3H2,1-2H3,(H2,28,31). The summed E-state index contributed by atoms with van der Waals surface area (Å²) in [6.45, 7) is 2.02. The predicted octanol–water partition coefficient (Wildman–Crippen LogP) is 5.13. The Morgan fingerprint density at radius 1 is 1.03 bits per heavy atom. The van der Waals surface area contributed by atoms with Gasteiger partial charge in [0.05, 0.1) is 19.3 Å². The molecule has 1 unspecified atom stereocenters. The minimum atomic E-state index is -0.410. The Morgan fingerprint density at radius 2 is 1.79 bits per heavy atom. The maximum absolute atomic E-state index is 15.8. The van der Waals surface area contributed by atoms with E-state index in [2.05, 4.69) is 15.2 Å². The van der Waals surface area contributed by atoms with Crippen LogP contribution in [0.2, 0.25) is 0 Å². The van der Waals surface area contributed by atoms with Gasteiger partial charge in [-0.2, -0.15) is 10.1 Å². The van der Waals surface area contributed by atoms with E-state index >= 15 is 4.39 Å². The monoisotopic (exact) mass is 460 g/mol. The number of ether oxygens (including phenoxy) is 1. The summed E-state index contributed by atoms with van der Waals surface area (Å²) in [7, 11) is 1.50. The van der Waals surface area contributed by atoms with Crippen LogP contribution in [0.4, 0.5) is 14.7 Å². The molecule has 9 heteroatoms. The summed E-state index contributed by atoms with van der Waals surface area (Å²) in [5.41, 5.74) is 8.98. The van der Waals surface area contributed by atoms with Crippen molar-refractivity contribution < 1.29 is 13.5 Å². The van der Waals surface area contributed by atoms with Gasteiger partial charge in [0.2, 0.25) is 5.95 Å². The van der Waals surface area contributed by atoms with Crippen molar-refractivity contribution in [3.05, 3.63) is 84.3 Å². The first-order valence-electron chi connectivity index (χ1n) is 10.8. The Kier molecular flexibility index (Phi) is 5.45. The molecule has 0 aliphatic rings. The van der Waals surface area contributed by atoms with Crippen LogP contribution in [0.5, 0.6) is 5.75 Å². The molecule has 0 amide bonds. The van der Waals surface area contributed by atoms with Gasteiger partial charge in [0.15, 0.2) is 11.4 Å². The first-order valence-corrected chi connectivity index (χ1v) is 10.8. The van der Waals surface area contributed by atoms with Crippen molar-refractivity contribution in [1.82, 2.24) is 24.4 Å². The fourth-order valence-electron chi connectivity index (χ4n) is 4.22. The predicted molar refractivity (Wildman–Crippen MR) is 125 cm³/mol. The molecule has 0 aliphatic heterocycles. The molecule has 5 rings (SSSR count). The van der Waals surface area contributed by atoms with Crippen LogP contribution in [0.25, 0.3) is 27.9 Å². The molecular weight excluding hydrogens is 438 g/mol. The van der Waals surface area contributed by atoms with E-state index in [0.29, 0.717) is 33.7 Å². The highest BCUT2D eigenvalue weighted by molar-refractivity contribution is 5.81. The number of nitrogens with zero attached hydrogens (tertiary/aromatic N) is 5. The Bertz CT molecular complexity index is 1480. The maximum Gasteiger partial charge on any atom is 0.240 e. The lowest BCUT2D eigenvalue weighted by Gasteiger charge is -2.16. The van der Waals surface area contributed by atoms with Crippen molar-refractivity contribution in [3.8, 4) is 28.0 Å². The zero-order valence-electron chi connectivity index (χ0n) is 18.6. The number of fused-ring (bicyclic) bond motifs is 1. The number of nitrogen functional groups attached to an aromatic ring is 1. The topological polar surface area (TPSA) is 83.3 Å². The van der Waals surface area contributed by atoms with Crippen molar-refractivity contribution in [2.75, 3.05) is 12.8 Å². The van der Waals surface area contributed by atoms with Crippen molar-refractivity contribution in [2.45, 2.75) is 19.4 Å². The second-order valence-electron chi connectivity index (χ2n) is 7.85. The SMILES string of the molecule is CCC(c1ccc(F)cc1)n1cc(-c2cccc(-c3ccn4nc(N)nc4c3OC)c2F)cn1. The van der Waals surface area contributed by atoms with Gasteiger partial charge in [-0.3, -0.25) is 4.68 Å². The van der Waals surface area contributed by atoms with Crippen molar-refractivity contribution in [2.24, 2.45) is 0 Å².